The highest BCUT2D eigenvalue weighted by Gasteiger charge is 2.25. The molecule has 1 unspecified atom stereocenters. The fourth-order valence-corrected chi connectivity index (χ4v) is 3.50. The van der Waals surface area contributed by atoms with Crippen LogP contribution in [0.1, 0.15) is 45.1 Å². The molecule has 180 valence electrons. The number of benzene rings is 2. The van der Waals surface area contributed by atoms with Gasteiger partial charge in [-0.2, -0.15) is 0 Å². The van der Waals surface area contributed by atoms with Crippen molar-refractivity contribution in [2.45, 2.75) is 52.1 Å². The quantitative estimate of drug-likeness (QED) is 0.373. The fraction of sp³-hybridized carbons (Fsp3) is 0.440. The van der Waals surface area contributed by atoms with Gasteiger partial charge in [-0.3, -0.25) is 9.59 Å². The monoisotopic (exact) mass is 494 g/mol. The van der Waals surface area contributed by atoms with Crippen molar-refractivity contribution in [3.8, 4) is 11.5 Å². The zero-order chi connectivity index (χ0) is 24.2. The lowest BCUT2D eigenvalue weighted by molar-refractivity contribution is -0.140. The molecule has 0 aliphatic heterocycles. The van der Waals surface area contributed by atoms with Gasteiger partial charge >= 0.3 is 0 Å². The van der Waals surface area contributed by atoms with Crippen LogP contribution in [-0.4, -0.2) is 43.0 Å². The van der Waals surface area contributed by atoms with Crippen LogP contribution in [0.25, 0.3) is 0 Å². The van der Waals surface area contributed by atoms with E-state index in [1.165, 1.54) is 0 Å². The number of hydrogen-bond donors (Lipinski definition) is 1. The SMILES string of the molecule is CCCCNC(=O)C(C)N(Cc1ccc(Cl)c(Cl)c1)C(=O)CCCOc1ccc(OC)cc1. The number of ether oxygens (including phenoxy) is 2. The first kappa shape index (κ1) is 26.8. The van der Waals surface area contributed by atoms with Gasteiger partial charge in [0.2, 0.25) is 11.8 Å². The van der Waals surface area contributed by atoms with Gasteiger partial charge in [-0.25, -0.2) is 0 Å². The minimum atomic E-state index is -0.619. The molecule has 0 radical (unpaired) electrons. The minimum absolute atomic E-state index is 0.127. The Morgan fingerprint density at radius 2 is 1.73 bits per heavy atom. The molecule has 0 fully saturated rings. The second-order valence-electron chi connectivity index (χ2n) is 7.72. The molecule has 33 heavy (non-hydrogen) atoms. The van der Waals surface area contributed by atoms with Crippen LogP contribution in [0.5, 0.6) is 11.5 Å². The summed E-state index contributed by atoms with van der Waals surface area (Å²) in [6, 6.07) is 11.9. The number of amides is 2. The first-order valence-corrected chi connectivity index (χ1v) is 11.9. The van der Waals surface area contributed by atoms with E-state index in [0.717, 1.165) is 24.2 Å². The Kier molecular flexibility index (Phi) is 11.3. The summed E-state index contributed by atoms with van der Waals surface area (Å²) in [6.07, 6.45) is 2.65. The van der Waals surface area contributed by atoms with E-state index < -0.39 is 6.04 Å². The number of unbranched alkanes of at least 4 members (excludes halogenated alkanes) is 1. The number of rotatable bonds is 13. The van der Waals surface area contributed by atoms with Gasteiger partial charge in [-0.05, 0) is 61.7 Å². The van der Waals surface area contributed by atoms with Gasteiger partial charge in [0.25, 0.3) is 0 Å². The van der Waals surface area contributed by atoms with Crippen molar-refractivity contribution < 1.29 is 19.1 Å². The summed E-state index contributed by atoms with van der Waals surface area (Å²) < 4.78 is 10.9. The van der Waals surface area contributed by atoms with Gasteiger partial charge in [-0.15, -0.1) is 0 Å². The van der Waals surface area contributed by atoms with Crippen LogP contribution >= 0.6 is 23.2 Å². The average Bonchev–Trinajstić information content (AvgIpc) is 2.82. The van der Waals surface area contributed by atoms with Gasteiger partial charge in [0.15, 0.2) is 0 Å². The molecule has 2 aromatic rings. The molecule has 2 rings (SSSR count). The van der Waals surface area contributed by atoms with E-state index in [1.54, 1.807) is 31.1 Å². The van der Waals surface area contributed by atoms with Crippen LogP contribution in [-0.2, 0) is 16.1 Å². The topological polar surface area (TPSA) is 67.9 Å². The molecule has 1 N–H and O–H groups in total. The summed E-state index contributed by atoms with van der Waals surface area (Å²) >= 11 is 12.2. The lowest BCUT2D eigenvalue weighted by Crippen LogP contribution is -2.47. The smallest absolute Gasteiger partial charge is 0.242 e. The van der Waals surface area contributed by atoms with Crippen molar-refractivity contribution in [2.24, 2.45) is 0 Å². The van der Waals surface area contributed by atoms with Gasteiger partial charge in [0.1, 0.15) is 17.5 Å². The number of nitrogens with zero attached hydrogens (tertiary/aromatic N) is 1. The molecule has 0 aromatic heterocycles. The summed E-state index contributed by atoms with van der Waals surface area (Å²) in [5.74, 6) is 1.16. The average molecular weight is 495 g/mol. The molecule has 0 saturated heterocycles. The lowest BCUT2D eigenvalue weighted by Gasteiger charge is -2.29. The lowest BCUT2D eigenvalue weighted by atomic mass is 10.1. The van der Waals surface area contributed by atoms with Crippen LogP contribution in [0.2, 0.25) is 10.0 Å². The predicted molar refractivity (Wildman–Crippen MR) is 132 cm³/mol. The Hall–Kier alpha value is -2.44. The van der Waals surface area contributed by atoms with Gasteiger partial charge in [0.05, 0.1) is 23.8 Å². The van der Waals surface area contributed by atoms with E-state index >= 15 is 0 Å². The first-order chi connectivity index (χ1) is 15.8. The maximum absolute atomic E-state index is 13.1. The van der Waals surface area contributed by atoms with Crippen molar-refractivity contribution in [1.82, 2.24) is 10.2 Å². The molecule has 0 saturated carbocycles. The first-order valence-electron chi connectivity index (χ1n) is 11.1. The molecule has 2 aromatic carbocycles. The zero-order valence-corrected chi connectivity index (χ0v) is 20.9. The molecular weight excluding hydrogens is 463 g/mol. The number of halogens is 2. The normalized spacial score (nSPS) is 11.5. The molecule has 0 heterocycles. The largest absolute Gasteiger partial charge is 0.497 e. The maximum Gasteiger partial charge on any atom is 0.242 e. The molecular formula is C25H32Cl2N2O4. The number of hydrogen-bond acceptors (Lipinski definition) is 4. The summed E-state index contributed by atoms with van der Waals surface area (Å²) in [6.45, 7) is 5.03. The molecule has 0 bridgehead atoms. The Labute approximate surface area is 206 Å². The third kappa shape index (κ3) is 8.78. The van der Waals surface area contributed by atoms with E-state index in [0.29, 0.717) is 35.4 Å². The predicted octanol–water partition coefficient (Wildman–Crippen LogP) is 5.49. The molecule has 0 aliphatic carbocycles. The van der Waals surface area contributed by atoms with E-state index in [9.17, 15) is 9.59 Å². The highest BCUT2D eigenvalue weighted by atomic mass is 35.5. The van der Waals surface area contributed by atoms with Crippen molar-refractivity contribution >= 4 is 35.0 Å². The van der Waals surface area contributed by atoms with E-state index in [4.69, 9.17) is 32.7 Å². The third-order valence-electron chi connectivity index (χ3n) is 5.20. The highest BCUT2D eigenvalue weighted by Crippen LogP contribution is 2.24. The summed E-state index contributed by atoms with van der Waals surface area (Å²) in [5, 5.41) is 3.76. The Bertz CT molecular complexity index is 906. The van der Waals surface area contributed by atoms with Gasteiger partial charge in [-0.1, -0.05) is 42.6 Å². The van der Waals surface area contributed by atoms with Crippen LogP contribution in [0, 0.1) is 0 Å². The molecule has 1 atom stereocenters. The second-order valence-corrected chi connectivity index (χ2v) is 8.53. The van der Waals surface area contributed by atoms with Crippen molar-refractivity contribution in [2.75, 3.05) is 20.3 Å². The summed E-state index contributed by atoms with van der Waals surface area (Å²) in [5.41, 5.74) is 0.806. The van der Waals surface area contributed by atoms with Crippen molar-refractivity contribution in [1.29, 1.82) is 0 Å². The minimum Gasteiger partial charge on any atom is -0.497 e. The number of nitrogens with one attached hydrogen (secondary N) is 1. The van der Waals surface area contributed by atoms with Gasteiger partial charge < -0.3 is 19.7 Å². The van der Waals surface area contributed by atoms with Crippen LogP contribution in [0.3, 0.4) is 0 Å². The van der Waals surface area contributed by atoms with E-state index in [2.05, 4.69) is 12.2 Å². The highest BCUT2D eigenvalue weighted by molar-refractivity contribution is 6.42. The summed E-state index contributed by atoms with van der Waals surface area (Å²) in [7, 11) is 1.61. The maximum atomic E-state index is 13.1. The number of carbonyl (C=O) groups is 2. The van der Waals surface area contributed by atoms with Crippen LogP contribution < -0.4 is 14.8 Å². The third-order valence-corrected chi connectivity index (χ3v) is 5.94. The number of carbonyl (C=O) groups excluding carboxylic acids is 2. The van der Waals surface area contributed by atoms with Crippen molar-refractivity contribution in [3.63, 3.8) is 0 Å². The van der Waals surface area contributed by atoms with Crippen LogP contribution in [0.15, 0.2) is 42.5 Å². The molecule has 6 nitrogen and oxygen atoms in total. The zero-order valence-electron chi connectivity index (χ0n) is 19.4. The molecule has 0 aliphatic rings. The van der Waals surface area contributed by atoms with Crippen molar-refractivity contribution in [3.05, 3.63) is 58.1 Å². The Morgan fingerprint density at radius 1 is 1.03 bits per heavy atom. The Morgan fingerprint density at radius 3 is 2.36 bits per heavy atom. The standard InChI is InChI=1S/C25H32Cl2N2O4/c1-4-5-14-28-25(31)18(2)29(17-19-8-13-22(26)23(27)16-19)24(30)7-6-15-33-21-11-9-20(32-3)10-12-21/h8-13,16,18H,4-7,14-15,17H2,1-3H3,(H,28,31). The molecule has 0 spiro atoms. The van der Waals surface area contributed by atoms with E-state index in [-0.39, 0.29) is 24.8 Å². The summed E-state index contributed by atoms with van der Waals surface area (Å²) in [4.78, 5) is 27.3. The Balaban J connectivity index is 1.99. The molecule has 2 amide bonds. The van der Waals surface area contributed by atoms with Gasteiger partial charge in [0, 0.05) is 19.5 Å². The number of methoxy groups -OCH3 is 1. The molecule has 8 heteroatoms. The second kappa shape index (κ2) is 14.0. The van der Waals surface area contributed by atoms with Crippen LogP contribution in [0.4, 0.5) is 0 Å². The fourth-order valence-electron chi connectivity index (χ4n) is 3.18. The van der Waals surface area contributed by atoms with E-state index in [1.807, 2.05) is 30.3 Å².